The lowest BCUT2D eigenvalue weighted by Gasteiger charge is -2.41. The third-order valence-electron chi connectivity index (χ3n) is 9.92. The van der Waals surface area contributed by atoms with Crippen molar-refractivity contribution in [2.75, 3.05) is 58.1 Å². The summed E-state index contributed by atoms with van der Waals surface area (Å²) in [4.78, 5) is 49.5. The Balaban J connectivity index is 1.12. The number of hydrogen-bond donors (Lipinski definition) is 4. The summed E-state index contributed by atoms with van der Waals surface area (Å²) >= 11 is 6.48. The number of hydrogen-bond acceptors (Lipinski definition) is 7. The van der Waals surface area contributed by atoms with Gasteiger partial charge in [-0.3, -0.25) is 14.7 Å². The number of piperazine rings is 1. The molecule has 12 nitrogen and oxygen atoms in total. The molecular weight excluding hydrogens is 618 g/mol. The fourth-order valence-corrected chi connectivity index (χ4v) is 7.43. The van der Waals surface area contributed by atoms with Crippen molar-refractivity contribution >= 4 is 29.2 Å². The molecule has 47 heavy (non-hydrogen) atoms. The summed E-state index contributed by atoms with van der Waals surface area (Å²) in [6.07, 6.45) is 4.04. The molecule has 0 radical (unpaired) electrons. The van der Waals surface area contributed by atoms with Crippen LogP contribution in [-0.2, 0) is 17.6 Å². The van der Waals surface area contributed by atoms with Crippen molar-refractivity contribution in [2.24, 2.45) is 0 Å². The van der Waals surface area contributed by atoms with Gasteiger partial charge in [0, 0.05) is 70.4 Å². The number of anilines is 1. The molecule has 0 aliphatic carbocycles. The molecule has 0 unspecified atom stereocenters. The maximum Gasteiger partial charge on any atom is 0.343 e. The Hall–Kier alpha value is -3.87. The van der Waals surface area contributed by atoms with E-state index in [1.165, 1.54) is 4.68 Å². The van der Waals surface area contributed by atoms with Crippen LogP contribution in [0.15, 0.2) is 47.3 Å². The van der Waals surface area contributed by atoms with Gasteiger partial charge in [-0.2, -0.15) is 0 Å². The topological polar surface area (TPSA) is 145 Å². The molecule has 252 valence electrons. The maximum atomic E-state index is 14.1. The van der Waals surface area contributed by atoms with Crippen LogP contribution in [-0.4, -0.2) is 106 Å². The quantitative estimate of drug-likeness (QED) is 0.271. The van der Waals surface area contributed by atoms with Crippen molar-refractivity contribution in [3.05, 3.63) is 69.1 Å². The summed E-state index contributed by atoms with van der Waals surface area (Å²) < 4.78 is 1.50. The first-order valence-electron chi connectivity index (χ1n) is 16.9. The van der Waals surface area contributed by atoms with Gasteiger partial charge in [0.15, 0.2) is 5.82 Å². The zero-order valence-corrected chi connectivity index (χ0v) is 27.8. The summed E-state index contributed by atoms with van der Waals surface area (Å²) in [5, 5.41) is 11.5. The van der Waals surface area contributed by atoms with Crippen LogP contribution in [0.25, 0.3) is 11.4 Å². The molecule has 1 atom stereocenters. The third-order valence-corrected chi connectivity index (χ3v) is 10.2. The molecule has 5 N–H and O–H groups in total. The van der Waals surface area contributed by atoms with Crippen LogP contribution in [0.4, 0.5) is 10.5 Å². The highest BCUT2D eigenvalue weighted by atomic mass is 35.5. The first-order valence-corrected chi connectivity index (χ1v) is 17.3. The number of amides is 3. The van der Waals surface area contributed by atoms with Crippen molar-refractivity contribution in [3.8, 4) is 11.4 Å². The number of rotatable bonds is 8. The van der Waals surface area contributed by atoms with Crippen molar-refractivity contribution in [3.63, 3.8) is 0 Å². The van der Waals surface area contributed by atoms with Crippen molar-refractivity contribution < 1.29 is 9.59 Å². The fraction of sp³-hybridized carbons (Fsp3) is 0.529. The lowest BCUT2D eigenvalue weighted by atomic mass is 9.98. The summed E-state index contributed by atoms with van der Waals surface area (Å²) in [6, 6.07) is 12.6. The van der Waals surface area contributed by atoms with E-state index < -0.39 is 6.04 Å². The average molecular weight is 664 g/mol. The monoisotopic (exact) mass is 663 g/mol. The molecule has 2 aromatic carbocycles. The highest BCUT2D eigenvalue weighted by Crippen LogP contribution is 2.27. The molecule has 3 aliphatic heterocycles. The molecule has 1 aromatic heterocycles. The van der Waals surface area contributed by atoms with Gasteiger partial charge in [-0.1, -0.05) is 54.9 Å². The summed E-state index contributed by atoms with van der Waals surface area (Å²) in [5.41, 5.74) is 9.12. The standard InChI is InChI=1S/C34H46ClN9O3/c1-2-24-20-23(21-28(35)30(24)36)22-29(32(45)42-14-8-26(9-15-42)41-18-12-37-13-19-41)38-33(46)43-16-10-27(11-17-43)44-34(47)39-31(40-44)25-6-4-3-5-7-25/h3-7,20-21,26-27,29,37H,2,8-19,22,36H2,1H3,(H,38,46)(H,39,40,47)/t29-/m1/s1. The molecule has 4 heterocycles. The number of likely N-dealkylation sites (tertiary alicyclic amines) is 2. The van der Waals surface area contributed by atoms with Crippen LogP contribution in [0.5, 0.6) is 0 Å². The maximum absolute atomic E-state index is 14.1. The number of benzene rings is 2. The predicted octanol–water partition coefficient (Wildman–Crippen LogP) is 2.89. The van der Waals surface area contributed by atoms with E-state index in [0.29, 0.717) is 74.4 Å². The largest absolute Gasteiger partial charge is 0.397 e. The number of H-pyrrole nitrogens is 1. The number of halogens is 1. The second-order valence-corrected chi connectivity index (χ2v) is 13.3. The van der Waals surface area contributed by atoms with Gasteiger partial charge >= 0.3 is 11.7 Å². The van der Waals surface area contributed by atoms with E-state index in [1.807, 2.05) is 48.2 Å². The Morgan fingerprint density at radius 2 is 1.64 bits per heavy atom. The number of carbonyl (C=O) groups is 2. The average Bonchev–Trinajstić information content (AvgIpc) is 3.51. The molecule has 13 heteroatoms. The van der Waals surface area contributed by atoms with E-state index in [4.69, 9.17) is 17.3 Å². The molecule has 6 rings (SSSR count). The van der Waals surface area contributed by atoms with Crippen LogP contribution in [0, 0.1) is 0 Å². The van der Waals surface area contributed by atoms with Gasteiger partial charge in [-0.05, 0) is 49.3 Å². The van der Waals surface area contributed by atoms with Gasteiger partial charge < -0.3 is 26.2 Å². The summed E-state index contributed by atoms with van der Waals surface area (Å²) in [6.45, 7) is 8.31. The Morgan fingerprint density at radius 3 is 2.32 bits per heavy atom. The van der Waals surface area contributed by atoms with Crippen molar-refractivity contribution in [1.82, 2.24) is 40.1 Å². The van der Waals surface area contributed by atoms with E-state index in [1.54, 1.807) is 11.0 Å². The zero-order chi connectivity index (χ0) is 32.9. The zero-order valence-electron chi connectivity index (χ0n) is 27.1. The number of urea groups is 1. The highest BCUT2D eigenvalue weighted by molar-refractivity contribution is 6.33. The number of nitrogens with two attached hydrogens (primary N) is 1. The SMILES string of the molecule is CCc1cc(C[C@@H](NC(=O)N2CCC(n3nc(-c4ccccc4)[nH]c3=O)CC2)C(=O)N2CCC(N3CCNCC3)CC2)cc(Cl)c1N. The lowest BCUT2D eigenvalue weighted by molar-refractivity contribution is -0.134. The minimum Gasteiger partial charge on any atom is -0.397 e. The smallest absolute Gasteiger partial charge is 0.343 e. The number of nitrogens with one attached hydrogen (secondary N) is 3. The molecule has 3 fully saturated rings. The van der Waals surface area contributed by atoms with Crippen LogP contribution in [0.3, 0.4) is 0 Å². The number of aromatic nitrogens is 3. The first-order chi connectivity index (χ1) is 22.8. The Labute approximate surface area is 280 Å². The first kappa shape index (κ1) is 33.0. The van der Waals surface area contributed by atoms with Gasteiger partial charge in [0.05, 0.1) is 16.8 Å². The molecular formula is C34H46ClN9O3. The number of nitrogen functional groups attached to an aromatic ring is 1. The Bertz CT molecular complexity index is 1590. The van der Waals surface area contributed by atoms with E-state index >= 15 is 0 Å². The van der Waals surface area contributed by atoms with Gasteiger partial charge in [-0.25, -0.2) is 14.3 Å². The molecule has 3 aromatic rings. The van der Waals surface area contributed by atoms with Crippen molar-refractivity contribution in [1.29, 1.82) is 0 Å². The minimum atomic E-state index is -0.747. The van der Waals surface area contributed by atoms with Gasteiger partial charge in [0.2, 0.25) is 5.91 Å². The molecule has 3 saturated heterocycles. The number of aryl methyl sites for hydroxylation is 1. The molecule has 0 saturated carbocycles. The van der Waals surface area contributed by atoms with E-state index in [0.717, 1.165) is 55.7 Å². The van der Waals surface area contributed by atoms with E-state index in [-0.39, 0.29) is 23.7 Å². The number of piperidine rings is 2. The second-order valence-electron chi connectivity index (χ2n) is 12.9. The number of aromatic amines is 1. The van der Waals surface area contributed by atoms with Crippen LogP contribution in [0.2, 0.25) is 5.02 Å². The van der Waals surface area contributed by atoms with E-state index in [9.17, 15) is 14.4 Å². The molecule has 0 bridgehead atoms. The minimum absolute atomic E-state index is 0.0745. The summed E-state index contributed by atoms with van der Waals surface area (Å²) in [7, 11) is 0. The molecule has 3 aliphatic rings. The lowest BCUT2D eigenvalue weighted by Crippen LogP contribution is -2.57. The predicted molar refractivity (Wildman–Crippen MR) is 183 cm³/mol. The highest BCUT2D eigenvalue weighted by Gasteiger charge is 2.34. The van der Waals surface area contributed by atoms with Crippen LogP contribution >= 0.6 is 11.6 Å². The van der Waals surface area contributed by atoms with Crippen LogP contribution < -0.4 is 22.1 Å². The van der Waals surface area contributed by atoms with Gasteiger partial charge in [0.1, 0.15) is 6.04 Å². The number of nitrogens with zero attached hydrogens (tertiary/aromatic N) is 5. The van der Waals surface area contributed by atoms with Crippen LogP contribution in [0.1, 0.15) is 49.8 Å². The van der Waals surface area contributed by atoms with Gasteiger partial charge in [-0.15, -0.1) is 5.10 Å². The van der Waals surface area contributed by atoms with E-state index in [2.05, 4.69) is 25.6 Å². The second kappa shape index (κ2) is 14.9. The summed E-state index contributed by atoms with van der Waals surface area (Å²) in [5.74, 6) is 0.456. The number of carbonyl (C=O) groups excluding carboxylic acids is 2. The normalized spacial score (nSPS) is 19.1. The van der Waals surface area contributed by atoms with Gasteiger partial charge in [0.25, 0.3) is 0 Å². The molecule has 3 amide bonds. The molecule has 0 spiro atoms. The van der Waals surface area contributed by atoms with Crippen molar-refractivity contribution in [2.45, 2.75) is 63.6 Å². The Kier molecular flexibility index (Phi) is 10.5. The fourth-order valence-electron chi connectivity index (χ4n) is 7.17. The third kappa shape index (κ3) is 7.66. The Morgan fingerprint density at radius 1 is 0.979 bits per heavy atom.